The van der Waals surface area contributed by atoms with Crippen LogP contribution in [0.2, 0.25) is 0 Å². The summed E-state index contributed by atoms with van der Waals surface area (Å²) < 4.78 is 58.4. The Hall–Kier alpha value is -1.90. The fourth-order valence-corrected chi connectivity index (χ4v) is 3.48. The van der Waals surface area contributed by atoms with E-state index in [0.29, 0.717) is 5.56 Å². The van der Waals surface area contributed by atoms with Crippen molar-refractivity contribution in [3.63, 3.8) is 0 Å². The highest BCUT2D eigenvalue weighted by Crippen LogP contribution is 2.43. The van der Waals surface area contributed by atoms with Gasteiger partial charge in [-0.2, -0.15) is 0 Å². The van der Waals surface area contributed by atoms with Gasteiger partial charge in [-0.15, -0.1) is 0 Å². The van der Waals surface area contributed by atoms with Gasteiger partial charge in [-0.05, 0) is 5.56 Å². The van der Waals surface area contributed by atoms with Crippen molar-refractivity contribution in [3.05, 3.63) is 71.8 Å². The highest BCUT2D eigenvalue weighted by atomic mass is 19.3. The van der Waals surface area contributed by atoms with Gasteiger partial charge >= 0.3 is 5.92 Å². The van der Waals surface area contributed by atoms with Crippen LogP contribution in [0.3, 0.4) is 0 Å². The van der Waals surface area contributed by atoms with E-state index in [2.05, 4.69) is 0 Å². The summed E-state index contributed by atoms with van der Waals surface area (Å²) >= 11 is 0. The maximum atomic E-state index is 15.4. The molecule has 0 spiro atoms. The first-order chi connectivity index (χ1) is 13.6. The van der Waals surface area contributed by atoms with E-state index < -0.39 is 36.8 Å². The Bertz CT molecular complexity index is 750. The quantitative estimate of drug-likeness (QED) is 0.777. The lowest BCUT2D eigenvalue weighted by Gasteiger charge is -2.48. The summed E-state index contributed by atoms with van der Waals surface area (Å²) in [5, 5.41) is 0. The van der Waals surface area contributed by atoms with Gasteiger partial charge in [-0.1, -0.05) is 60.7 Å². The molecular weight excluding hydrogens is 370 g/mol. The number of fused-ring (bicyclic) bond motifs is 1. The van der Waals surface area contributed by atoms with Crippen molar-refractivity contribution >= 4 is 0 Å². The van der Waals surface area contributed by atoms with Gasteiger partial charge in [0.2, 0.25) is 0 Å². The Labute approximate surface area is 162 Å². The van der Waals surface area contributed by atoms with E-state index in [1.807, 2.05) is 36.4 Å². The van der Waals surface area contributed by atoms with Crippen molar-refractivity contribution in [3.8, 4) is 0 Å². The van der Waals surface area contributed by atoms with Gasteiger partial charge in [-0.3, -0.25) is 0 Å². The molecule has 0 radical (unpaired) electrons. The van der Waals surface area contributed by atoms with Crippen LogP contribution in [0.4, 0.5) is 8.78 Å². The average Bonchev–Trinajstić information content (AvgIpc) is 2.74. The summed E-state index contributed by atoms with van der Waals surface area (Å²) in [5.74, 6) is -3.32. The van der Waals surface area contributed by atoms with Gasteiger partial charge in [-0.25, -0.2) is 8.78 Å². The van der Waals surface area contributed by atoms with Crippen molar-refractivity contribution in [2.75, 3.05) is 13.7 Å². The first-order valence-electron chi connectivity index (χ1n) is 9.13. The maximum Gasteiger partial charge on any atom is 0.307 e. The molecule has 0 aliphatic carbocycles. The lowest BCUT2D eigenvalue weighted by molar-refractivity contribution is -0.400. The summed E-state index contributed by atoms with van der Waals surface area (Å²) in [6.45, 7) is -0.00853. The largest absolute Gasteiger partial charge is 0.362 e. The van der Waals surface area contributed by atoms with Crippen molar-refractivity contribution in [2.45, 2.75) is 43.4 Å². The second-order valence-corrected chi connectivity index (χ2v) is 6.80. The van der Waals surface area contributed by atoms with E-state index >= 15 is 8.78 Å². The van der Waals surface area contributed by atoms with Crippen LogP contribution in [-0.4, -0.2) is 44.2 Å². The molecule has 0 amide bonds. The number of halogens is 2. The Balaban J connectivity index is 1.52. The van der Waals surface area contributed by atoms with E-state index in [1.165, 1.54) is 7.11 Å². The summed E-state index contributed by atoms with van der Waals surface area (Å²) in [7, 11) is 1.32. The number of methoxy groups -OCH3 is 1. The van der Waals surface area contributed by atoms with Crippen LogP contribution < -0.4 is 0 Å². The monoisotopic (exact) mass is 392 g/mol. The first kappa shape index (κ1) is 19.4. The van der Waals surface area contributed by atoms with Gasteiger partial charge in [0.05, 0.1) is 13.2 Å². The second-order valence-electron chi connectivity index (χ2n) is 6.80. The third kappa shape index (κ3) is 3.81. The Morgan fingerprint density at radius 1 is 1.00 bits per heavy atom. The van der Waals surface area contributed by atoms with E-state index in [0.717, 1.165) is 5.56 Å². The van der Waals surface area contributed by atoms with Gasteiger partial charge in [0, 0.05) is 12.7 Å². The molecule has 2 aliphatic heterocycles. The molecule has 2 aliphatic rings. The van der Waals surface area contributed by atoms with Crippen LogP contribution >= 0.6 is 0 Å². The number of benzene rings is 2. The molecule has 1 unspecified atom stereocenters. The molecule has 28 heavy (non-hydrogen) atoms. The molecule has 0 aromatic heterocycles. The van der Waals surface area contributed by atoms with Gasteiger partial charge < -0.3 is 23.7 Å². The zero-order valence-electron chi connectivity index (χ0n) is 15.4. The zero-order valence-corrected chi connectivity index (χ0v) is 15.4. The molecule has 2 saturated heterocycles. The van der Waals surface area contributed by atoms with E-state index in [-0.39, 0.29) is 13.2 Å². The average molecular weight is 392 g/mol. The maximum absolute atomic E-state index is 15.4. The number of ether oxygens (including phenoxy) is 5. The van der Waals surface area contributed by atoms with Crippen LogP contribution in [0.15, 0.2) is 60.7 Å². The van der Waals surface area contributed by atoms with Crippen molar-refractivity contribution in [2.24, 2.45) is 0 Å². The molecule has 150 valence electrons. The predicted octanol–water partition coefficient (Wildman–Crippen LogP) is 3.69. The highest BCUT2D eigenvalue weighted by molar-refractivity contribution is 5.17. The highest BCUT2D eigenvalue weighted by Gasteiger charge is 2.62. The minimum absolute atomic E-state index is 0.0142. The minimum Gasteiger partial charge on any atom is -0.362 e. The molecule has 7 heteroatoms. The van der Waals surface area contributed by atoms with Crippen molar-refractivity contribution < 1.29 is 32.5 Å². The Morgan fingerprint density at radius 2 is 1.68 bits per heavy atom. The molecule has 0 saturated carbocycles. The molecule has 2 aromatic rings. The van der Waals surface area contributed by atoms with Gasteiger partial charge in [0.25, 0.3) is 0 Å². The zero-order chi connectivity index (χ0) is 19.6. The van der Waals surface area contributed by atoms with E-state index in [9.17, 15) is 0 Å². The lowest BCUT2D eigenvalue weighted by atomic mass is 9.96. The first-order valence-corrected chi connectivity index (χ1v) is 9.13. The van der Waals surface area contributed by atoms with Gasteiger partial charge in [0.1, 0.15) is 6.10 Å². The van der Waals surface area contributed by atoms with Crippen LogP contribution in [0.25, 0.3) is 0 Å². The summed E-state index contributed by atoms with van der Waals surface area (Å²) in [6, 6.07) is 18.1. The fraction of sp³-hybridized carbons (Fsp3) is 0.429. The van der Waals surface area contributed by atoms with Gasteiger partial charge in [0.15, 0.2) is 24.8 Å². The molecule has 5 atom stereocenters. The second kappa shape index (κ2) is 8.23. The molecule has 2 fully saturated rings. The molecule has 4 rings (SSSR count). The third-order valence-electron chi connectivity index (χ3n) is 4.91. The minimum atomic E-state index is -3.32. The summed E-state index contributed by atoms with van der Waals surface area (Å²) in [4.78, 5) is 0. The molecular formula is C21H22F2O5. The SMILES string of the molecule is CO[C@@H]1O[C@@H]2COC(c3ccccc3)O[C@H]2C(F)(F)[C@H]1OCc1ccccc1. The molecule has 2 heterocycles. The number of alkyl halides is 2. The summed E-state index contributed by atoms with van der Waals surface area (Å²) in [6.07, 6.45) is -6.16. The molecule has 2 aromatic carbocycles. The standard InChI is InChI=1S/C21H22F2O5/c1-24-20-18(25-12-14-8-4-2-5-9-14)21(22,23)17-16(27-20)13-26-19(28-17)15-10-6-3-7-11-15/h2-11,16-20H,12-13H2,1H3/t16-,17-,18+,19?,20-/m1/s1. The third-order valence-corrected chi connectivity index (χ3v) is 4.91. The Morgan fingerprint density at radius 3 is 2.36 bits per heavy atom. The van der Waals surface area contributed by atoms with Crippen LogP contribution in [0, 0.1) is 0 Å². The normalized spacial score (nSPS) is 31.9. The number of hydrogen-bond acceptors (Lipinski definition) is 5. The molecule has 5 nitrogen and oxygen atoms in total. The van der Waals surface area contributed by atoms with E-state index in [1.54, 1.807) is 24.3 Å². The number of rotatable bonds is 5. The lowest BCUT2D eigenvalue weighted by Crippen LogP contribution is -2.66. The van der Waals surface area contributed by atoms with Crippen LogP contribution in [0.5, 0.6) is 0 Å². The van der Waals surface area contributed by atoms with Crippen molar-refractivity contribution in [1.29, 1.82) is 0 Å². The smallest absolute Gasteiger partial charge is 0.307 e. The van der Waals surface area contributed by atoms with Crippen LogP contribution in [0.1, 0.15) is 17.4 Å². The number of hydrogen-bond donors (Lipinski definition) is 0. The van der Waals surface area contributed by atoms with E-state index in [4.69, 9.17) is 23.7 Å². The molecule has 0 N–H and O–H groups in total. The topological polar surface area (TPSA) is 46.2 Å². The van der Waals surface area contributed by atoms with Crippen LogP contribution in [-0.2, 0) is 30.3 Å². The van der Waals surface area contributed by atoms with Crippen molar-refractivity contribution in [1.82, 2.24) is 0 Å². The predicted molar refractivity (Wildman–Crippen MR) is 95.6 cm³/mol. The fourth-order valence-electron chi connectivity index (χ4n) is 3.48. The summed E-state index contributed by atoms with van der Waals surface area (Å²) in [5.41, 5.74) is 1.46. The Kier molecular flexibility index (Phi) is 5.70. The molecule has 0 bridgehead atoms.